The van der Waals surface area contributed by atoms with Gasteiger partial charge in [-0.25, -0.2) is 0 Å². The number of hydrogen-bond acceptors (Lipinski definition) is 2. The summed E-state index contributed by atoms with van der Waals surface area (Å²) in [5, 5.41) is 6.10. The molecule has 1 aromatic rings. The van der Waals surface area contributed by atoms with E-state index in [4.69, 9.17) is 0 Å². The summed E-state index contributed by atoms with van der Waals surface area (Å²) in [6.07, 6.45) is 3.73. The number of unbranched alkanes of at least 4 members (excludes halogenated alkanes) is 1. The van der Waals surface area contributed by atoms with Gasteiger partial charge in [-0.3, -0.25) is 4.79 Å². The van der Waals surface area contributed by atoms with E-state index in [9.17, 15) is 4.79 Å². The van der Waals surface area contributed by atoms with Crippen molar-refractivity contribution in [2.45, 2.75) is 39.5 Å². The molecular formula is C16H26N2O. The first-order valence-corrected chi connectivity index (χ1v) is 7.25. The first-order chi connectivity index (χ1) is 9.22. The van der Waals surface area contributed by atoms with E-state index in [1.807, 2.05) is 0 Å². The number of carbonyl (C=O) groups is 1. The van der Waals surface area contributed by atoms with Crippen molar-refractivity contribution in [2.24, 2.45) is 0 Å². The number of rotatable bonds is 9. The smallest absolute Gasteiger partial charge is 0.220 e. The predicted molar refractivity (Wildman–Crippen MR) is 80.3 cm³/mol. The van der Waals surface area contributed by atoms with Crippen LogP contribution < -0.4 is 10.6 Å². The summed E-state index contributed by atoms with van der Waals surface area (Å²) in [5.41, 5.74) is 2.65. The Kier molecular flexibility index (Phi) is 7.91. The van der Waals surface area contributed by atoms with Crippen molar-refractivity contribution in [3.63, 3.8) is 0 Å². The second kappa shape index (κ2) is 9.56. The van der Waals surface area contributed by atoms with Crippen LogP contribution in [0.15, 0.2) is 24.3 Å². The van der Waals surface area contributed by atoms with Gasteiger partial charge in [0, 0.05) is 19.5 Å². The highest BCUT2D eigenvalue weighted by atomic mass is 16.1. The van der Waals surface area contributed by atoms with Crippen LogP contribution in [0.4, 0.5) is 0 Å². The Morgan fingerprint density at radius 2 is 1.84 bits per heavy atom. The fraction of sp³-hybridized carbons (Fsp3) is 0.562. The van der Waals surface area contributed by atoms with Gasteiger partial charge in [-0.2, -0.15) is 0 Å². The van der Waals surface area contributed by atoms with Gasteiger partial charge < -0.3 is 10.6 Å². The molecular weight excluding hydrogens is 236 g/mol. The molecule has 106 valence electrons. The molecule has 2 N–H and O–H groups in total. The van der Waals surface area contributed by atoms with Gasteiger partial charge in [0.15, 0.2) is 0 Å². The van der Waals surface area contributed by atoms with Gasteiger partial charge in [0.25, 0.3) is 0 Å². The lowest BCUT2D eigenvalue weighted by Gasteiger charge is -2.05. The Morgan fingerprint density at radius 1 is 1.11 bits per heavy atom. The molecule has 0 heterocycles. The van der Waals surface area contributed by atoms with Crippen LogP contribution >= 0.6 is 0 Å². The minimum Gasteiger partial charge on any atom is -0.355 e. The maximum absolute atomic E-state index is 11.5. The largest absolute Gasteiger partial charge is 0.355 e. The van der Waals surface area contributed by atoms with Crippen molar-refractivity contribution in [3.8, 4) is 0 Å². The van der Waals surface area contributed by atoms with Gasteiger partial charge in [-0.15, -0.1) is 0 Å². The summed E-state index contributed by atoms with van der Waals surface area (Å²) in [6, 6.07) is 8.63. The number of aryl methyl sites for hydroxylation is 2. The standard InChI is InChI=1S/C16H26N2O/c1-3-17-12-13-18-16(19)7-5-4-6-15-10-8-14(2)9-11-15/h8-11,17H,3-7,12-13H2,1-2H3,(H,18,19). The normalized spacial score (nSPS) is 10.4. The van der Waals surface area contributed by atoms with Crippen molar-refractivity contribution >= 4 is 5.91 Å². The Labute approximate surface area is 116 Å². The first-order valence-electron chi connectivity index (χ1n) is 7.25. The second-order valence-electron chi connectivity index (χ2n) is 4.90. The Morgan fingerprint density at radius 3 is 2.53 bits per heavy atom. The number of amides is 1. The van der Waals surface area contributed by atoms with E-state index in [2.05, 4.69) is 48.7 Å². The van der Waals surface area contributed by atoms with Crippen LogP contribution in [0.3, 0.4) is 0 Å². The van der Waals surface area contributed by atoms with E-state index in [1.54, 1.807) is 0 Å². The Bertz CT molecular complexity index is 360. The van der Waals surface area contributed by atoms with Gasteiger partial charge >= 0.3 is 0 Å². The molecule has 0 atom stereocenters. The molecule has 0 saturated heterocycles. The highest BCUT2D eigenvalue weighted by molar-refractivity contribution is 5.75. The van der Waals surface area contributed by atoms with Crippen LogP contribution in [0.25, 0.3) is 0 Å². The van der Waals surface area contributed by atoms with Crippen molar-refractivity contribution < 1.29 is 4.79 Å². The zero-order chi connectivity index (χ0) is 13.9. The van der Waals surface area contributed by atoms with Crippen LogP contribution in [0.5, 0.6) is 0 Å². The molecule has 0 fully saturated rings. The monoisotopic (exact) mass is 262 g/mol. The van der Waals surface area contributed by atoms with Gasteiger partial charge in [0.2, 0.25) is 5.91 Å². The molecule has 0 bridgehead atoms. The molecule has 1 aromatic carbocycles. The summed E-state index contributed by atoms with van der Waals surface area (Å²) in [4.78, 5) is 11.5. The number of carbonyl (C=O) groups excluding carboxylic acids is 1. The van der Waals surface area contributed by atoms with Crippen LogP contribution in [0.1, 0.15) is 37.3 Å². The molecule has 3 heteroatoms. The molecule has 0 aliphatic carbocycles. The van der Waals surface area contributed by atoms with E-state index in [0.29, 0.717) is 6.42 Å². The van der Waals surface area contributed by atoms with E-state index in [0.717, 1.165) is 38.9 Å². The van der Waals surface area contributed by atoms with E-state index in [1.165, 1.54) is 11.1 Å². The number of likely N-dealkylation sites (N-methyl/N-ethyl adjacent to an activating group) is 1. The number of nitrogens with one attached hydrogen (secondary N) is 2. The zero-order valence-corrected chi connectivity index (χ0v) is 12.2. The molecule has 1 amide bonds. The number of benzene rings is 1. The molecule has 0 saturated carbocycles. The lowest BCUT2D eigenvalue weighted by Crippen LogP contribution is -2.31. The minimum absolute atomic E-state index is 0.168. The Balaban J connectivity index is 2.03. The molecule has 3 nitrogen and oxygen atoms in total. The molecule has 1 rings (SSSR count). The average molecular weight is 262 g/mol. The van der Waals surface area contributed by atoms with Gasteiger partial charge in [-0.1, -0.05) is 36.8 Å². The van der Waals surface area contributed by atoms with Crippen LogP contribution in [-0.4, -0.2) is 25.5 Å². The first kappa shape index (κ1) is 15.7. The van der Waals surface area contributed by atoms with Crippen LogP contribution in [0.2, 0.25) is 0 Å². The summed E-state index contributed by atoms with van der Waals surface area (Å²) in [7, 11) is 0. The third-order valence-electron chi connectivity index (χ3n) is 3.11. The molecule has 0 aromatic heterocycles. The third-order valence-corrected chi connectivity index (χ3v) is 3.11. The quantitative estimate of drug-likeness (QED) is 0.671. The van der Waals surface area contributed by atoms with Gasteiger partial charge in [0.05, 0.1) is 0 Å². The Hall–Kier alpha value is -1.35. The van der Waals surface area contributed by atoms with E-state index < -0.39 is 0 Å². The lowest BCUT2D eigenvalue weighted by molar-refractivity contribution is -0.121. The summed E-state index contributed by atoms with van der Waals surface area (Å²) in [6.45, 7) is 6.69. The average Bonchev–Trinajstić information content (AvgIpc) is 2.42. The van der Waals surface area contributed by atoms with E-state index in [-0.39, 0.29) is 5.91 Å². The van der Waals surface area contributed by atoms with Crippen molar-refractivity contribution in [1.82, 2.24) is 10.6 Å². The summed E-state index contributed by atoms with van der Waals surface area (Å²) < 4.78 is 0. The topological polar surface area (TPSA) is 41.1 Å². The molecule has 0 aliphatic heterocycles. The zero-order valence-electron chi connectivity index (χ0n) is 12.2. The summed E-state index contributed by atoms with van der Waals surface area (Å²) >= 11 is 0. The molecule has 0 aliphatic rings. The molecule has 0 radical (unpaired) electrons. The maximum atomic E-state index is 11.5. The SMILES string of the molecule is CCNCCNC(=O)CCCCc1ccc(C)cc1. The third kappa shape index (κ3) is 7.62. The van der Waals surface area contributed by atoms with E-state index >= 15 is 0 Å². The van der Waals surface area contributed by atoms with Crippen LogP contribution in [0, 0.1) is 6.92 Å². The highest BCUT2D eigenvalue weighted by Gasteiger charge is 2.00. The minimum atomic E-state index is 0.168. The highest BCUT2D eigenvalue weighted by Crippen LogP contribution is 2.08. The van der Waals surface area contributed by atoms with Crippen molar-refractivity contribution in [3.05, 3.63) is 35.4 Å². The van der Waals surface area contributed by atoms with Crippen LogP contribution in [-0.2, 0) is 11.2 Å². The van der Waals surface area contributed by atoms with Crippen molar-refractivity contribution in [1.29, 1.82) is 0 Å². The predicted octanol–water partition coefficient (Wildman–Crippen LogP) is 2.43. The lowest BCUT2D eigenvalue weighted by atomic mass is 10.1. The number of hydrogen-bond donors (Lipinski definition) is 2. The van der Waals surface area contributed by atoms with Gasteiger partial charge in [-0.05, 0) is 38.3 Å². The van der Waals surface area contributed by atoms with Crippen molar-refractivity contribution in [2.75, 3.05) is 19.6 Å². The molecule has 19 heavy (non-hydrogen) atoms. The summed E-state index contributed by atoms with van der Waals surface area (Å²) in [5.74, 6) is 0.168. The molecule has 0 spiro atoms. The second-order valence-corrected chi connectivity index (χ2v) is 4.90. The van der Waals surface area contributed by atoms with Gasteiger partial charge in [0.1, 0.15) is 0 Å². The maximum Gasteiger partial charge on any atom is 0.220 e. The fourth-order valence-electron chi connectivity index (χ4n) is 1.92. The molecule has 0 unspecified atom stereocenters. The fourth-order valence-corrected chi connectivity index (χ4v) is 1.92.